The van der Waals surface area contributed by atoms with Crippen LogP contribution in [0.15, 0.2) is 24.3 Å². The molecule has 11 nitrogen and oxygen atoms in total. The van der Waals surface area contributed by atoms with Gasteiger partial charge in [-0.2, -0.15) is 0 Å². The summed E-state index contributed by atoms with van der Waals surface area (Å²) in [4.78, 5) is 82.0. The Morgan fingerprint density at radius 3 is 1.93 bits per heavy atom. The van der Waals surface area contributed by atoms with E-state index in [1.807, 2.05) is 41.5 Å². The molecule has 0 spiro atoms. The molecule has 4 rings (SSSR count). The molecule has 3 N–H and O–H groups in total. The fourth-order valence-corrected chi connectivity index (χ4v) is 6.23. The molecule has 1 aliphatic carbocycles. The van der Waals surface area contributed by atoms with Gasteiger partial charge >= 0.3 is 6.03 Å². The van der Waals surface area contributed by atoms with E-state index in [1.54, 1.807) is 24.3 Å². The highest BCUT2D eigenvalue weighted by Gasteiger charge is 2.44. The molecule has 1 aromatic rings. The maximum atomic E-state index is 14.0. The van der Waals surface area contributed by atoms with Gasteiger partial charge in [-0.1, -0.05) is 72.9 Å². The van der Waals surface area contributed by atoms with Crippen molar-refractivity contribution in [3.8, 4) is 0 Å². The van der Waals surface area contributed by atoms with Crippen molar-refractivity contribution < 1.29 is 28.8 Å². The molecular weight excluding hydrogens is 574 g/mol. The van der Waals surface area contributed by atoms with Gasteiger partial charge < -0.3 is 20.9 Å². The molecule has 1 aromatic carbocycles. The zero-order valence-electron chi connectivity index (χ0n) is 27.7. The maximum Gasteiger partial charge on any atom is 0.315 e. The Balaban J connectivity index is 1.45. The summed E-state index contributed by atoms with van der Waals surface area (Å²) in [5.41, 5.74) is -0.581. The number of likely N-dealkylation sites (tertiary alicyclic amines) is 1. The Labute approximate surface area is 266 Å². The van der Waals surface area contributed by atoms with Gasteiger partial charge in [0.2, 0.25) is 11.8 Å². The second-order valence-corrected chi connectivity index (χ2v) is 15.0. The lowest BCUT2D eigenvalue weighted by atomic mass is 9.80. The maximum absolute atomic E-state index is 14.0. The summed E-state index contributed by atoms with van der Waals surface area (Å²) in [7, 11) is 0. The number of nitrogens with one attached hydrogen (secondary N) is 3. The number of urea groups is 1. The normalized spacial score (nSPS) is 20.6. The first-order valence-electron chi connectivity index (χ1n) is 16.1. The molecule has 246 valence electrons. The zero-order chi connectivity index (χ0) is 33.3. The highest BCUT2D eigenvalue weighted by molar-refractivity contribution is 6.21. The molecule has 4 atom stereocenters. The molecule has 11 heteroatoms. The van der Waals surface area contributed by atoms with E-state index in [4.69, 9.17) is 0 Å². The van der Waals surface area contributed by atoms with Crippen molar-refractivity contribution in [3.05, 3.63) is 35.4 Å². The minimum atomic E-state index is -0.968. The lowest BCUT2D eigenvalue weighted by Gasteiger charge is -2.37. The SMILES string of the molecule is CC(=O)C(CC1CCC1)NC(=O)C1CCCN1C(=O)C(NC(=O)NC(CN1C(=O)c2ccccc2C1=O)C(C)(C)C)C(C)(C)C. The third-order valence-corrected chi connectivity index (χ3v) is 9.42. The average Bonchev–Trinajstić information content (AvgIpc) is 3.51. The minimum Gasteiger partial charge on any atom is -0.345 e. The number of hydrogen-bond acceptors (Lipinski definition) is 6. The molecule has 3 aliphatic rings. The number of nitrogens with zero attached hydrogens (tertiary/aromatic N) is 2. The van der Waals surface area contributed by atoms with Gasteiger partial charge in [0.15, 0.2) is 5.78 Å². The molecule has 2 aliphatic heterocycles. The number of fused-ring (bicyclic) bond motifs is 1. The number of ketones is 1. The fraction of sp³-hybridized carbons (Fsp3) is 0.647. The monoisotopic (exact) mass is 623 g/mol. The van der Waals surface area contributed by atoms with E-state index in [-0.39, 0.29) is 24.1 Å². The van der Waals surface area contributed by atoms with Gasteiger partial charge in [0, 0.05) is 6.54 Å². The largest absolute Gasteiger partial charge is 0.345 e. The molecule has 0 aromatic heterocycles. The third-order valence-electron chi connectivity index (χ3n) is 9.42. The van der Waals surface area contributed by atoms with Crippen molar-refractivity contribution in [2.24, 2.45) is 16.7 Å². The van der Waals surface area contributed by atoms with Crippen LogP contribution in [0.2, 0.25) is 0 Å². The van der Waals surface area contributed by atoms with E-state index >= 15 is 0 Å². The van der Waals surface area contributed by atoms with Crippen LogP contribution in [0.5, 0.6) is 0 Å². The van der Waals surface area contributed by atoms with Gasteiger partial charge in [-0.05, 0) is 55.1 Å². The lowest BCUT2D eigenvalue weighted by Crippen LogP contribution is -2.61. The van der Waals surface area contributed by atoms with Crippen LogP contribution < -0.4 is 16.0 Å². The minimum absolute atomic E-state index is 0.0378. The van der Waals surface area contributed by atoms with Crippen LogP contribution in [0.4, 0.5) is 4.79 Å². The van der Waals surface area contributed by atoms with E-state index in [0.29, 0.717) is 42.9 Å². The zero-order valence-corrected chi connectivity index (χ0v) is 27.7. The van der Waals surface area contributed by atoms with Crippen LogP contribution in [0.1, 0.15) is 108 Å². The molecule has 0 radical (unpaired) electrons. The predicted octanol–water partition coefficient (Wildman–Crippen LogP) is 3.67. The number of hydrogen-bond donors (Lipinski definition) is 3. The van der Waals surface area contributed by atoms with Crippen molar-refractivity contribution in [3.63, 3.8) is 0 Å². The Kier molecular flexibility index (Phi) is 10.1. The van der Waals surface area contributed by atoms with Gasteiger partial charge in [0.1, 0.15) is 12.1 Å². The van der Waals surface area contributed by atoms with Crippen LogP contribution in [0, 0.1) is 16.7 Å². The smallest absolute Gasteiger partial charge is 0.315 e. The highest BCUT2D eigenvalue weighted by atomic mass is 16.2. The Hall–Kier alpha value is -3.76. The summed E-state index contributed by atoms with van der Waals surface area (Å²) in [5.74, 6) is -1.19. The number of carbonyl (C=O) groups is 6. The second-order valence-electron chi connectivity index (χ2n) is 15.0. The number of benzene rings is 1. The van der Waals surface area contributed by atoms with Crippen molar-refractivity contribution in [1.29, 1.82) is 0 Å². The summed E-state index contributed by atoms with van der Waals surface area (Å²) < 4.78 is 0. The molecule has 45 heavy (non-hydrogen) atoms. The quantitative estimate of drug-likeness (QED) is 0.339. The molecule has 0 bridgehead atoms. The Bertz CT molecular complexity index is 1310. The van der Waals surface area contributed by atoms with Crippen LogP contribution in [-0.4, -0.2) is 82.5 Å². The summed E-state index contributed by atoms with van der Waals surface area (Å²) in [5, 5.41) is 8.67. The molecule has 2 fully saturated rings. The third kappa shape index (κ3) is 7.73. The molecule has 1 saturated heterocycles. The predicted molar refractivity (Wildman–Crippen MR) is 169 cm³/mol. The first kappa shape index (κ1) is 34.1. The number of carbonyl (C=O) groups excluding carboxylic acids is 6. The molecule has 4 unspecified atom stereocenters. The van der Waals surface area contributed by atoms with Crippen LogP contribution >= 0.6 is 0 Å². The summed E-state index contributed by atoms with van der Waals surface area (Å²) in [6.45, 7) is 13.0. The van der Waals surface area contributed by atoms with Crippen molar-refractivity contribution >= 4 is 35.4 Å². The summed E-state index contributed by atoms with van der Waals surface area (Å²) in [6, 6.07) is 3.13. The van der Waals surface area contributed by atoms with E-state index in [9.17, 15) is 28.8 Å². The average molecular weight is 624 g/mol. The Morgan fingerprint density at radius 2 is 1.44 bits per heavy atom. The van der Waals surface area contributed by atoms with E-state index in [2.05, 4.69) is 16.0 Å². The fourth-order valence-electron chi connectivity index (χ4n) is 6.23. The molecular formula is C34H49N5O6. The van der Waals surface area contributed by atoms with E-state index in [0.717, 1.165) is 24.2 Å². The summed E-state index contributed by atoms with van der Waals surface area (Å²) >= 11 is 0. The number of rotatable bonds is 10. The highest BCUT2D eigenvalue weighted by Crippen LogP contribution is 2.31. The van der Waals surface area contributed by atoms with E-state index in [1.165, 1.54) is 11.8 Å². The number of amides is 6. The van der Waals surface area contributed by atoms with Gasteiger partial charge in [-0.25, -0.2) is 4.79 Å². The number of Topliss-reactive ketones (excluding diaryl/α,β-unsaturated/α-hetero) is 1. The number of imide groups is 1. The van der Waals surface area contributed by atoms with Crippen LogP contribution in [0.25, 0.3) is 0 Å². The first-order chi connectivity index (χ1) is 21.0. The van der Waals surface area contributed by atoms with Crippen molar-refractivity contribution in [2.45, 2.75) is 111 Å². The van der Waals surface area contributed by atoms with Gasteiger partial charge in [0.25, 0.3) is 11.8 Å². The van der Waals surface area contributed by atoms with Crippen molar-refractivity contribution in [1.82, 2.24) is 25.8 Å². The van der Waals surface area contributed by atoms with E-state index < -0.39 is 52.8 Å². The second kappa shape index (κ2) is 13.3. The molecule has 2 heterocycles. The van der Waals surface area contributed by atoms with Gasteiger partial charge in [-0.3, -0.25) is 28.9 Å². The van der Waals surface area contributed by atoms with Crippen LogP contribution in [0.3, 0.4) is 0 Å². The molecule has 6 amide bonds. The van der Waals surface area contributed by atoms with Gasteiger partial charge in [-0.15, -0.1) is 0 Å². The standard InChI is InChI=1S/C34H49N5O6/c1-20(40)24(18-21-12-10-13-21)35-28(41)25-16-11-17-38(25)31(44)27(34(5,6)7)37-32(45)36-26(33(2,3)4)19-39-29(42)22-14-8-9-15-23(22)30(39)43/h8-9,14-15,21,24-27H,10-13,16-19H2,1-7H3,(H,35,41)(H2,36,37,45). The molecule has 1 saturated carbocycles. The lowest BCUT2D eigenvalue weighted by molar-refractivity contribution is -0.142. The Morgan fingerprint density at radius 1 is 0.844 bits per heavy atom. The van der Waals surface area contributed by atoms with Crippen LogP contribution in [-0.2, 0) is 14.4 Å². The van der Waals surface area contributed by atoms with Crippen molar-refractivity contribution in [2.75, 3.05) is 13.1 Å². The van der Waals surface area contributed by atoms with Gasteiger partial charge in [0.05, 0.1) is 29.8 Å². The first-order valence-corrected chi connectivity index (χ1v) is 16.1. The topological polar surface area (TPSA) is 145 Å². The summed E-state index contributed by atoms with van der Waals surface area (Å²) in [6.07, 6.45) is 4.98.